The Morgan fingerprint density at radius 2 is 1.30 bits per heavy atom. The number of fused-ring (bicyclic) bond motifs is 3. The summed E-state index contributed by atoms with van der Waals surface area (Å²) >= 11 is 0. The molecular formula is C31H22N2O4. The van der Waals surface area contributed by atoms with Crippen molar-refractivity contribution in [3.05, 3.63) is 131 Å². The zero-order chi connectivity index (χ0) is 25.4. The fourth-order valence-corrected chi connectivity index (χ4v) is 4.86. The van der Waals surface area contributed by atoms with E-state index in [0.717, 1.165) is 10.9 Å². The Labute approximate surface area is 211 Å². The van der Waals surface area contributed by atoms with Gasteiger partial charge in [-0.25, -0.2) is 0 Å². The average molecular weight is 487 g/mol. The highest BCUT2D eigenvalue weighted by atomic mass is 16.5. The number of Topliss-reactive ketones (excluding diaryl/α,β-unsaturated/α-hetero) is 1. The molecule has 4 aromatic carbocycles. The fourth-order valence-electron chi connectivity index (χ4n) is 4.86. The highest BCUT2D eigenvalue weighted by Gasteiger charge is 2.28. The number of benzene rings is 4. The smallest absolute Gasteiger partial charge is 0.327 e. The maximum atomic E-state index is 13.7. The lowest BCUT2D eigenvalue weighted by molar-refractivity contribution is -0.147. The van der Waals surface area contributed by atoms with Crippen LogP contribution in [0.3, 0.4) is 0 Å². The van der Waals surface area contributed by atoms with Crippen LogP contribution in [0.2, 0.25) is 0 Å². The minimum atomic E-state index is -1.12. The normalized spacial score (nSPS) is 12.1. The Kier molecular flexibility index (Phi) is 5.62. The number of carbonyl (C=O) groups excluding carboxylic acids is 2. The molecule has 37 heavy (non-hydrogen) atoms. The van der Waals surface area contributed by atoms with Gasteiger partial charge in [0.15, 0.2) is 11.5 Å². The Balaban J connectivity index is 1.40. The van der Waals surface area contributed by atoms with Crippen molar-refractivity contribution in [3.8, 4) is 0 Å². The van der Waals surface area contributed by atoms with Crippen LogP contribution in [-0.4, -0.2) is 21.3 Å². The van der Waals surface area contributed by atoms with Gasteiger partial charge in [-0.15, -0.1) is 0 Å². The Bertz CT molecular complexity index is 1790. The van der Waals surface area contributed by atoms with Crippen LogP contribution in [-0.2, 0) is 16.1 Å². The van der Waals surface area contributed by atoms with E-state index >= 15 is 0 Å². The minimum Gasteiger partial charge on any atom is -0.448 e. The molecular weight excluding hydrogens is 464 g/mol. The number of para-hydroxylation sites is 3. The Morgan fingerprint density at radius 3 is 1.97 bits per heavy atom. The first-order chi connectivity index (χ1) is 18.1. The van der Waals surface area contributed by atoms with Crippen LogP contribution in [0.15, 0.2) is 114 Å². The molecule has 0 saturated heterocycles. The SMILES string of the molecule is O=C(Cn1c2ccccc2c(=O)c2ccccc21)OC(C(=O)c1c[nH]c2ccccc12)c1ccccc1. The predicted octanol–water partition coefficient (Wildman–Crippen LogP) is 5.80. The average Bonchev–Trinajstić information content (AvgIpc) is 3.38. The molecule has 0 aliphatic heterocycles. The van der Waals surface area contributed by atoms with E-state index in [0.29, 0.717) is 32.9 Å². The van der Waals surface area contributed by atoms with Gasteiger partial charge in [-0.05, 0) is 30.3 Å². The second-order valence-electron chi connectivity index (χ2n) is 8.84. The molecule has 1 N–H and O–H groups in total. The molecule has 0 amide bonds. The third-order valence-corrected chi connectivity index (χ3v) is 6.61. The lowest BCUT2D eigenvalue weighted by Gasteiger charge is -2.19. The van der Waals surface area contributed by atoms with Crippen molar-refractivity contribution in [2.24, 2.45) is 0 Å². The summed E-state index contributed by atoms with van der Waals surface area (Å²) in [6.07, 6.45) is 0.532. The van der Waals surface area contributed by atoms with E-state index in [1.54, 1.807) is 59.3 Å². The molecule has 2 heterocycles. The number of nitrogens with one attached hydrogen (secondary N) is 1. The number of hydrogen-bond acceptors (Lipinski definition) is 4. The third-order valence-electron chi connectivity index (χ3n) is 6.61. The van der Waals surface area contributed by atoms with E-state index in [4.69, 9.17) is 4.74 Å². The highest BCUT2D eigenvalue weighted by molar-refractivity contribution is 6.10. The standard InChI is InChI=1S/C31H22N2O4/c34-28(19-33-26-16-8-5-13-22(26)29(35)23-14-6-9-17-27(23)33)37-31(20-10-2-1-3-11-20)30(36)24-18-32-25-15-7-4-12-21(24)25/h1-18,31-32H,19H2. The number of pyridine rings is 1. The van der Waals surface area contributed by atoms with E-state index in [1.165, 1.54) is 0 Å². The highest BCUT2D eigenvalue weighted by Crippen LogP contribution is 2.28. The van der Waals surface area contributed by atoms with Crippen LogP contribution in [0, 0.1) is 0 Å². The Morgan fingerprint density at radius 1 is 0.730 bits per heavy atom. The van der Waals surface area contributed by atoms with Crippen molar-refractivity contribution in [3.63, 3.8) is 0 Å². The van der Waals surface area contributed by atoms with Gasteiger partial charge in [0.2, 0.25) is 5.78 Å². The maximum absolute atomic E-state index is 13.7. The first-order valence-electron chi connectivity index (χ1n) is 12.0. The molecule has 0 spiro atoms. The Hall–Kier alpha value is -4.97. The van der Waals surface area contributed by atoms with E-state index in [1.807, 2.05) is 54.6 Å². The molecule has 1 unspecified atom stereocenters. The summed E-state index contributed by atoms with van der Waals surface area (Å²) < 4.78 is 7.67. The van der Waals surface area contributed by atoms with E-state index < -0.39 is 12.1 Å². The zero-order valence-corrected chi connectivity index (χ0v) is 19.8. The number of nitrogens with zero attached hydrogens (tertiary/aromatic N) is 1. The topological polar surface area (TPSA) is 81.2 Å². The van der Waals surface area contributed by atoms with Crippen LogP contribution < -0.4 is 5.43 Å². The van der Waals surface area contributed by atoms with Gasteiger partial charge in [0.25, 0.3) is 0 Å². The lowest BCUT2D eigenvalue weighted by atomic mass is 9.99. The first-order valence-corrected chi connectivity index (χ1v) is 12.0. The van der Waals surface area contributed by atoms with Crippen LogP contribution in [0.4, 0.5) is 0 Å². The molecule has 6 nitrogen and oxygen atoms in total. The van der Waals surface area contributed by atoms with Crippen LogP contribution in [0.1, 0.15) is 22.0 Å². The molecule has 180 valence electrons. The van der Waals surface area contributed by atoms with Gasteiger partial charge >= 0.3 is 5.97 Å². The predicted molar refractivity (Wildman–Crippen MR) is 144 cm³/mol. The van der Waals surface area contributed by atoms with Gasteiger partial charge in [-0.2, -0.15) is 0 Å². The number of H-pyrrole nitrogens is 1. The van der Waals surface area contributed by atoms with Gasteiger partial charge < -0.3 is 14.3 Å². The molecule has 1 atom stereocenters. The largest absolute Gasteiger partial charge is 0.448 e. The zero-order valence-electron chi connectivity index (χ0n) is 19.8. The molecule has 6 aromatic rings. The van der Waals surface area contributed by atoms with Gasteiger partial charge in [-0.1, -0.05) is 72.8 Å². The number of aromatic amines is 1. The van der Waals surface area contributed by atoms with Gasteiger partial charge in [0.05, 0.1) is 11.0 Å². The van der Waals surface area contributed by atoms with Gasteiger partial charge in [0, 0.05) is 39.0 Å². The van der Waals surface area contributed by atoms with Crippen molar-refractivity contribution < 1.29 is 14.3 Å². The number of esters is 1. The van der Waals surface area contributed by atoms with E-state index in [-0.39, 0.29) is 17.8 Å². The van der Waals surface area contributed by atoms with Crippen molar-refractivity contribution in [2.45, 2.75) is 12.6 Å². The van der Waals surface area contributed by atoms with E-state index in [9.17, 15) is 14.4 Å². The summed E-state index contributed by atoms with van der Waals surface area (Å²) in [7, 11) is 0. The minimum absolute atomic E-state index is 0.0903. The third kappa shape index (κ3) is 3.98. The summed E-state index contributed by atoms with van der Waals surface area (Å²) in [6.45, 7) is -0.161. The monoisotopic (exact) mass is 486 g/mol. The number of carbonyl (C=O) groups is 2. The van der Waals surface area contributed by atoms with Crippen molar-refractivity contribution in [1.29, 1.82) is 0 Å². The second kappa shape index (κ2) is 9.24. The molecule has 2 aromatic heterocycles. The second-order valence-corrected chi connectivity index (χ2v) is 8.84. The van der Waals surface area contributed by atoms with Crippen LogP contribution >= 0.6 is 0 Å². The molecule has 0 radical (unpaired) electrons. The van der Waals surface area contributed by atoms with Crippen LogP contribution in [0.5, 0.6) is 0 Å². The van der Waals surface area contributed by atoms with Crippen molar-refractivity contribution in [1.82, 2.24) is 9.55 Å². The molecule has 0 bridgehead atoms. The summed E-state index contributed by atoms with van der Waals surface area (Å²) in [5, 5.41) is 1.80. The molecule has 0 aliphatic carbocycles. The number of ketones is 1. The molecule has 6 heteroatoms. The number of hydrogen-bond donors (Lipinski definition) is 1. The molecule has 6 rings (SSSR count). The van der Waals surface area contributed by atoms with Crippen LogP contribution in [0.25, 0.3) is 32.7 Å². The summed E-state index contributed by atoms with van der Waals surface area (Å²) in [5.41, 5.74) is 3.03. The number of ether oxygens (including phenoxy) is 1. The molecule has 0 aliphatic rings. The molecule has 0 saturated carbocycles. The number of aromatic nitrogens is 2. The lowest BCUT2D eigenvalue weighted by Crippen LogP contribution is -2.24. The van der Waals surface area contributed by atoms with Crippen molar-refractivity contribution in [2.75, 3.05) is 0 Å². The maximum Gasteiger partial charge on any atom is 0.327 e. The summed E-state index contributed by atoms with van der Waals surface area (Å²) in [5.74, 6) is -0.896. The molecule has 0 fully saturated rings. The summed E-state index contributed by atoms with van der Waals surface area (Å²) in [6, 6.07) is 30.9. The first kappa shape index (κ1) is 22.5. The fraction of sp³-hybridized carbons (Fsp3) is 0.0645. The van der Waals surface area contributed by atoms with E-state index in [2.05, 4.69) is 4.98 Å². The number of rotatable bonds is 6. The van der Waals surface area contributed by atoms with Gasteiger partial charge in [-0.3, -0.25) is 14.4 Å². The van der Waals surface area contributed by atoms with Gasteiger partial charge in [0.1, 0.15) is 6.54 Å². The quantitative estimate of drug-likeness (QED) is 0.183. The summed E-state index contributed by atoms with van der Waals surface area (Å²) in [4.78, 5) is 43.3. The van der Waals surface area contributed by atoms with Crippen molar-refractivity contribution >= 4 is 44.5 Å².